The molecule has 0 radical (unpaired) electrons. The van der Waals surface area contributed by atoms with Crippen molar-refractivity contribution in [1.82, 2.24) is 25.4 Å². The molecule has 3 atom stereocenters. The topological polar surface area (TPSA) is 178 Å². The summed E-state index contributed by atoms with van der Waals surface area (Å²) in [7, 11) is 1.75. The van der Waals surface area contributed by atoms with E-state index in [1.165, 1.54) is 10.5 Å². The van der Waals surface area contributed by atoms with Crippen LogP contribution in [0.2, 0.25) is 0 Å². The number of alkyl halides is 1. The summed E-state index contributed by atoms with van der Waals surface area (Å²) in [4.78, 5) is 61.6. The number of benzene rings is 4. The number of likely N-dealkylation sites (tertiary alicyclic amines) is 1. The first-order chi connectivity index (χ1) is 36.7. The van der Waals surface area contributed by atoms with Gasteiger partial charge in [-0.2, -0.15) is 0 Å². The van der Waals surface area contributed by atoms with Crippen LogP contribution in [-0.4, -0.2) is 147 Å². The van der Waals surface area contributed by atoms with Crippen LogP contribution in [0.3, 0.4) is 0 Å². The summed E-state index contributed by atoms with van der Waals surface area (Å²) in [5.41, 5.74) is 9.66. The summed E-state index contributed by atoms with van der Waals surface area (Å²) >= 11 is 7.89. The molecule has 76 heavy (non-hydrogen) atoms. The van der Waals surface area contributed by atoms with Gasteiger partial charge >= 0.3 is 0 Å². The van der Waals surface area contributed by atoms with Gasteiger partial charge < -0.3 is 49.2 Å². The molecule has 0 spiro atoms. The van der Waals surface area contributed by atoms with Crippen molar-refractivity contribution in [1.29, 1.82) is 0 Å². The third-order valence-corrected chi connectivity index (χ3v) is 14.0. The van der Waals surface area contributed by atoms with Crippen molar-refractivity contribution in [2.75, 3.05) is 85.5 Å². The van der Waals surface area contributed by atoms with Crippen molar-refractivity contribution in [2.45, 2.75) is 78.1 Å². The van der Waals surface area contributed by atoms with E-state index in [1.54, 1.807) is 23.3 Å². The molecule has 4 aromatic carbocycles. The quantitative estimate of drug-likeness (QED) is 0.0230. The van der Waals surface area contributed by atoms with E-state index < -0.39 is 29.5 Å². The van der Waals surface area contributed by atoms with E-state index in [4.69, 9.17) is 35.3 Å². The van der Waals surface area contributed by atoms with E-state index in [0.29, 0.717) is 52.1 Å². The molecule has 0 aliphatic carbocycles. The summed E-state index contributed by atoms with van der Waals surface area (Å²) in [6.07, 6.45) is 0.212. The molecule has 6 rings (SSSR count). The van der Waals surface area contributed by atoms with Gasteiger partial charge in [0, 0.05) is 38.9 Å². The molecule has 5 aromatic rings. The summed E-state index contributed by atoms with van der Waals surface area (Å²) in [5, 5.41) is 16.3. The molecule has 2 heterocycles. The van der Waals surface area contributed by atoms with Gasteiger partial charge in [-0.3, -0.25) is 19.2 Å². The maximum Gasteiger partial charge on any atom is 0.246 e. The normalized spacial score (nSPS) is 15.2. The molecule has 15 nitrogen and oxygen atoms in total. The van der Waals surface area contributed by atoms with Crippen molar-refractivity contribution in [3.05, 3.63) is 143 Å². The molecule has 0 unspecified atom stereocenters. The van der Waals surface area contributed by atoms with Crippen molar-refractivity contribution >= 4 is 57.7 Å². The molecule has 3 N–H and O–H groups in total. The van der Waals surface area contributed by atoms with Gasteiger partial charge in [0.1, 0.15) is 24.4 Å². The van der Waals surface area contributed by atoms with Gasteiger partial charge in [0.25, 0.3) is 0 Å². The largest absolute Gasteiger partial charge is 0.492 e. The number of hydrogen-bond acceptors (Lipinski definition) is 12. The van der Waals surface area contributed by atoms with E-state index in [9.17, 15) is 24.3 Å². The van der Waals surface area contributed by atoms with Gasteiger partial charge in [-0.05, 0) is 69.9 Å². The monoisotopic (exact) mass is 1080 g/mol. The predicted molar refractivity (Wildman–Crippen MR) is 298 cm³/mol. The Bertz CT molecular complexity index is 2610. The molecule has 1 saturated heterocycles. The molecular formula is C59H74ClN5O10S. The number of carbonyl (C=O) groups is 4. The van der Waals surface area contributed by atoms with Crippen molar-refractivity contribution in [3.8, 4) is 16.2 Å². The lowest BCUT2D eigenvalue weighted by atomic mass is 9.85. The molecule has 17 heteroatoms. The minimum absolute atomic E-state index is 0.00943. The van der Waals surface area contributed by atoms with Crippen LogP contribution in [0.4, 0.5) is 0 Å². The van der Waals surface area contributed by atoms with Crippen molar-refractivity contribution in [2.24, 2.45) is 5.41 Å². The van der Waals surface area contributed by atoms with Gasteiger partial charge in [0.2, 0.25) is 23.6 Å². The highest BCUT2D eigenvalue weighted by Crippen LogP contribution is 2.36. The van der Waals surface area contributed by atoms with Gasteiger partial charge in [-0.25, -0.2) is 4.98 Å². The molecular weight excluding hydrogens is 1010 g/mol. The van der Waals surface area contributed by atoms with Gasteiger partial charge in [0.05, 0.1) is 88.0 Å². The second-order valence-corrected chi connectivity index (χ2v) is 20.8. The summed E-state index contributed by atoms with van der Waals surface area (Å²) in [5.74, 6) is 0.0133. The molecule has 1 aliphatic heterocycles. The zero-order valence-electron chi connectivity index (χ0n) is 44.5. The van der Waals surface area contributed by atoms with Crippen LogP contribution in [0.5, 0.6) is 5.75 Å². The molecule has 0 saturated carbocycles. The Kier molecular flexibility index (Phi) is 23.9. The third kappa shape index (κ3) is 18.4. The molecule has 0 bridgehead atoms. The number of aryl methyl sites for hydroxylation is 1. The number of nitrogens with one attached hydrogen (secondary N) is 2. The fourth-order valence-electron chi connectivity index (χ4n) is 8.70. The Morgan fingerprint density at radius 1 is 0.763 bits per heavy atom. The first kappa shape index (κ1) is 59.3. The molecule has 1 aliphatic rings. The van der Waals surface area contributed by atoms with Gasteiger partial charge in [-0.1, -0.05) is 118 Å². The van der Waals surface area contributed by atoms with Gasteiger partial charge in [0.15, 0.2) is 0 Å². The maximum absolute atomic E-state index is 14.0. The van der Waals surface area contributed by atoms with E-state index in [0.717, 1.165) is 56.1 Å². The highest BCUT2D eigenvalue weighted by molar-refractivity contribution is 7.13. The number of likely N-dealkylation sites (N-methyl/N-ethyl adjacent to an activating group) is 1. The lowest BCUT2D eigenvalue weighted by Gasteiger charge is -2.35. The zero-order valence-corrected chi connectivity index (χ0v) is 46.0. The SMILES string of the molecule is Cc1ncsc1-c1ccc(CNC(=O)[C@@H]2C[C@@H](O)CN2C(=O)[C@@H](NC(=O)CCOCCOCCOCCOCCC(=O)N(C)CCOc2ccc(/C(=C(/CCCl)c3ccccc3)c3ccccc3)cc2)C(C)(C)C)cc1. The van der Waals surface area contributed by atoms with Crippen molar-refractivity contribution in [3.63, 3.8) is 0 Å². The molecule has 1 fully saturated rings. The van der Waals surface area contributed by atoms with E-state index in [-0.39, 0.29) is 69.9 Å². The summed E-state index contributed by atoms with van der Waals surface area (Å²) < 4.78 is 28.4. The number of aromatic nitrogens is 1. The average molecular weight is 1080 g/mol. The molecule has 1 aromatic heterocycles. The number of thiazole rings is 1. The Morgan fingerprint density at radius 3 is 1.92 bits per heavy atom. The van der Waals surface area contributed by atoms with E-state index >= 15 is 0 Å². The standard InChI is InChI=1S/C59H74ClN5O10S/c1-42-55(76-41-62-42)47-18-16-43(17-19-47)39-61-57(69)51-38-48(66)40-65(51)58(70)56(59(2,3)4)63-52(67)25-29-71-32-34-73-36-37-74-35-33-72-30-26-53(68)64(5)28-31-75-49-22-20-46(21-23-49)54(45-14-10-7-11-15-45)50(24-27-60)44-12-8-6-9-13-44/h6-23,41,48,51,56,66H,24-40H2,1-5H3,(H,61,69)(H,63,67)/b54-50-/t48-,51+,56-/m1/s1. The number of halogens is 1. The molecule has 408 valence electrons. The third-order valence-electron chi connectivity index (χ3n) is 12.9. The number of rotatable bonds is 30. The van der Waals surface area contributed by atoms with Crippen LogP contribution in [0.15, 0.2) is 115 Å². The first-order valence-electron chi connectivity index (χ1n) is 26.0. The average Bonchev–Trinajstić information content (AvgIpc) is 4.04. The Hall–Kier alpha value is -5.98. The summed E-state index contributed by atoms with van der Waals surface area (Å²) in [6.45, 7) is 10.8. The maximum atomic E-state index is 14.0. The van der Waals surface area contributed by atoms with Crippen LogP contribution in [0.1, 0.15) is 74.4 Å². The predicted octanol–water partition coefficient (Wildman–Crippen LogP) is 8.20. The minimum Gasteiger partial charge on any atom is -0.492 e. The van der Waals surface area contributed by atoms with Gasteiger partial charge in [-0.15, -0.1) is 22.9 Å². The number of amides is 4. The van der Waals surface area contributed by atoms with Crippen LogP contribution >= 0.6 is 22.9 Å². The van der Waals surface area contributed by atoms with Crippen molar-refractivity contribution < 1.29 is 48.0 Å². The van der Waals surface area contributed by atoms with E-state index in [1.807, 2.05) is 106 Å². The lowest BCUT2D eigenvalue weighted by Crippen LogP contribution is -2.57. The number of carbonyl (C=O) groups excluding carboxylic acids is 4. The van der Waals surface area contributed by atoms with E-state index in [2.05, 4.69) is 52.0 Å². The smallest absolute Gasteiger partial charge is 0.246 e. The highest BCUT2D eigenvalue weighted by Gasteiger charge is 2.44. The van der Waals surface area contributed by atoms with Crippen LogP contribution < -0.4 is 15.4 Å². The number of hydrogen-bond donors (Lipinski definition) is 3. The fraction of sp³-hybridized carbons (Fsp3) is 0.441. The Balaban J connectivity index is 0.788. The number of β-amino-alcohol motifs (C(OH)–C–C–N with tert-alkyl or cyclic N) is 1. The second-order valence-electron chi connectivity index (χ2n) is 19.6. The Labute approximate surface area is 456 Å². The number of aliphatic hydroxyl groups is 1. The lowest BCUT2D eigenvalue weighted by molar-refractivity contribution is -0.144. The number of aliphatic hydroxyl groups excluding tert-OH is 1. The highest BCUT2D eigenvalue weighted by atomic mass is 35.5. The van der Waals surface area contributed by atoms with Crippen LogP contribution in [0, 0.1) is 12.3 Å². The summed E-state index contributed by atoms with van der Waals surface area (Å²) in [6, 6.07) is 34.8. The van der Waals surface area contributed by atoms with Crippen LogP contribution in [0.25, 0.3) is 21.6 Å². The number of nitrogens with zero attached hydrogens (tertiary/aromatic N) is 3. The minimum atomic E-state index is -0.936. The Morgan fingerprint density at radius 2 is 1.34 bits per heavy atom. The first-order valence-corrected chi connectivity index (χ1v) is 27.4. The fourth-order valence-corrected chi connectivity index (χ4v) is 9.70. The zero-order chi connectivity index (χ0) is 54.3. The molecule has 4 amide bonds. The second kappa shape index (κ2) is 30.7. The van der Waals surface area contributed by atoms with Crippen LogP contribution in [-0.2, 0) is 44.7 Å². The number of ether oxygens (including phenoxy) is 5. The number of allylic oxidation sites excluding steroid dienone is 1.